The molecule has 1 aromatic heterocycles. The van der Waals surface area contributed by atoms with Gasteiger partial charge in [-0.25, -0.2) is 4.98 Å². The molecule has 2 atom stereocenters. The van der Waals surface area contributed by atoms with Crippen LogP contribution >= 0.6 is 23.4 Å². The highest BCUT2D eigenvalue weighted by atomic mass is 35.5. The van der Waals surface area contributed by atoms with E-state index in [0.717, 1.165) is 24.4 Å². The number of aromatic nitrogens is 1. The lowest BCUT2D eigenvalue weighted by Gasteiger charge is -2.36. The molecular weight excluding hydrogens is 304 g/mol. The zero-order valence-corrected chi connectivity index (χ0v) is 14.5. The van der Waals surface area contributed by atoms with Crippen LogP contribution in [0.5, 0.6) is 0 Å². The summed E-state index contributed by atoms with van der Waals surface area (Å²) in [5.41, 5.74) is 0. The highest BCUT2D eigenvalue weighted by molar-refractivity contribution is 8.00. The van der Waals surface area contributed by atoms with Crippen LogP contribution in [0.1, 0.15) is 40.0 Å². The summed E-state index contributed by atoms with van der Waals surface area (Å²) in [5, 5.41) is 1.40. The summed E-state index contributed by atoms with van der Waals surface area (Å²) in [6, 6.07) is 4.06. The molecule has 0 spiro atoms. The van der Waals surface area contributed by atoms with E-state index in [2.05, 4.69) is 30.7 Å². The molecular formula is C16H23ClN2OS. The number of hydrogen-bond donors (Lipinski definition) is 0. The smallest absolute Gasteiger partial charge is 0.236 e. The van der Waals surface area contributed by atoms with Crippen LogP contribution in [-0.2, 0) is 4.79 Å². The van der Waals surface area contributed by atoms with Gasteiger partial charge in [0.2, 0.25) is 5.91 Å². The van der Waals surface area contributed by atoms with Gasteiger partial charge in [0.1, 0.15) is 0 Å². The van der Waals surface area contributed by atoms with Gasteiger partial charge in [-0.05, 0) is 44.2 Å². The molecule has 2 rings (SSSR count). The van der Waals surface area contributed by atoms with Crippen LogP contribution in [0.15, 0.2) is 23.4 Å². The van der Waals surface area contributed by atoms with E-state index in [1.807, 2.05) is 12.1 Å². The average molecular weight is 327 g/mol. The van der Waals surface area contributed by atoms with Gasteiger partial charge in [-0.2, -0.15) is 0 Å². The van der Waals surface area contributed by atoms with Crippen LogP contribution in [0.2, 0.25) is 5.02 Å². The first-order chi connectivity index (χ1) is 9.99. The predicted molar refractivity (Wildman–Crippen MR) is 88.8 cm³/mol. The number of likely N-dealkylation sites (tertiary alicyclic amines) is 1. The Balaban J connectivity index is 2.10. The van der Waals surface area contributed by atoms with Crippen molar-refractivity contribution in [3.05, 3.63) is 23.4 Å². The number of carbonyl (C=O) groups is 1. The lowest BCUT2D eigenvalue weighted by Crippen LogP contribution is -2.47. The molecule has 0 aliphatic carbocycles. The van der Waals surface area contributed by atoms with Crippen LogP contribution in [0.4, 0.5) is 0 Å². The first-order valence-electron chi connectivity index (χ1n) is 7.57. The maximum Gasteiger partial charge on any atom is 0.236 e. The molecule has 1 aliphatic rings. The molecule has 0 N–H and O–H groups in total. The molecule has 1 saturated heterocycles. The van der Waals surface area contributed by atoms with Gasteiger partial charge >= 0.3 is 0 Å². The number of amides is 1. The second-order valence-corrected chi connectivity index (χ2v) is 7.57. The van der Waals surface area contributed by atoms with Crippen molar-refractivity contribution < 1.29 is 4.79 Å². The Kier molecular flexibility index (Phi) is 5.94. The van der Waals surface area contributed by atoms with E-state index in [9.17, 15) is 4.79 Å². The molecule has 1 aliphatic heterocycles. The zero-order chi connectivity index (χ0) is 15.4. The molecule has 0 aromatic carbocycles. The fourth-order valence-electron chi connectivity index (χ4n) is 2.62. The largest absolute Gasteiger partial charge is 0.339 e. The van der Waals surface area contributed by atoms with Crippen molar-refractivity contribution in [1.29, 1.82) is 0 Å². The van der Waals surface area contributed by atoms with Gasteiger partial charge in [0.05, 0.1) is 15.3 Å². The Bertz CT molecular complexity index is 478. The van der Waals surface area contributed by atoms with Crippen LogP contribution in [0.3, 0.4) is 0 Å². The van der Waals surface area contributed by atoms with E-state index < -0.39 is 0 Å². The van der Waals surface area contributed by atoms with E-state index in [1.54, 1.807) is 18.0 Å². The molecule has 0 radical (unpaired) electrons. The topological polar surface area (TPSA) is 33.2 Å². The molecule has 21 heavy (non-hydrogen) atoms. The van der Waals surface area contributed by atoms with Crippen LogP contribution < -0.4 is 0 Å². The average Bonchev–Trinajstić information content (AvgIpc) is 2.46. The number of halogens is 1. The maximum atomic E-state index is 12.9. The summed E-state index contributed by atoms with van der Waals surface area (Å²) in [4.78, 5) is 19.2. The number of thioether (sulfide) groups is 1. The van der Waals surface area contributed by atoms with E-state index in [4.69, 9.17) is 11.6 Å². The summed E-state index contributed by atoms with van der Waals surface area (Å²) >= 11 is 7.42. The van der Waals surface area contributed by atoms with E-state index >= 15 is 0 Å². The molecule has 116 valence electrons. The fraction of sp³-hybridized carbons (Fsp3) is 0.625. The van der Waals surface area contributed by atoms with Crippen molar-refractivity contribution in [2.75, 3.05) is 6.54 Å². The van der Waals surface area contributed by atoms with Gasteiger partial charge in [-0.15, -0.1) is 0 Å². The SMILES string of the molecule is CC(C)C(Sc1ccc(Cl)cn1)C(=O)N1CCCCC1C. The van der Waals surface area contributed by atoms with Crippen molar-refractivity contribution in [2.24, 2.45) is 5.92 Å². The summed E-state index contributed by atoms with van der Waals surface area (Å²) in [7, 11) is 0. The summed E-state index contributed by atoms with van der Waals surface area (Å²) in [6.45, 7) is 7.23. The molecule has 0 bridgehead atoms. The van der Waals surface area contributed by atoms with E-state index in [1.165, 1.54) is 6.42 Å². The maximum absolute atomic E-state index is 12.9. The van der Waals surface area contributed by atoms with Crippen molar-refractivity contribution in [1.82, 2.24) is 9.88 Å². The lowest BCUT2D eigenvalue weighted by molar-refractivity contribution is -0.134. The van der Waals surface area contributed by atoms with Crippen LogP contribution in [-0.4, -0.2) is 33.6 Å². The number of piperidine rings is 1. The van der Waals surface area contributed by atoms with Gasteiger partial charge in [-0.1, -0.05) is 37.2 Å². The molecule has 2 unspecified atom stereocenters. The molecule has 1 aromatic rings. The van der Waals surface area contributed by atoms with E-state index in [-0.39, 0.29) is 17.1 Å². The second-order valence-electron chi connectivity index (χ2n) is 5.97. The highest BCUT2D eigenvalue weighted by Gasteiger charge is 2.32. The third-order valence-corrected chi connectivity index (χ3v) is 5.59. The molecule has 2 heterocycles. The molecule has 0 saturated carbocycles. The van der Waals surface area contributed by atoms with Crippen LogP contribution in [0.25, 0.3) is 0 Å². The Hall–Kier alpha value is -0.740. The van der Waals surface area contributed by atoms with Crippen molar-refractivity contribution >= 4 is 29.3 Å². The minimum Gasteiger partial charge on any atom is -0.339 e. The highest BCUT2D eigenvalue weighted by Crippen LogP contribution is 2.30. The lowest BCUT2D eigenvalue weighted by atomic mass is 10.0. The quantitative estimate of drug-likeness (QED) is 0.775. The van der Waals surface area contributed by atoms with E-state index in [0.29, 0.717) is 11.1 Å². The monoisotopic (exact) mass is 326 g/mol. The summed E-state index contributed by atoms with van der Waals surface area (Å²) in [5.74, 6) is 0.521. The van der Waals surface area contributed by atoms with Gasteiger partial charge in [-0.3, -0.25) is 4.79 Å². The fourth-order valence-corrected chi connectivity index (χ4v) is 3.76. The number of carbonyl (C=O) groups excluding carboxylic acids is 1. The van der Waals surface area contributed by atoms with Gasteiger partial charge in [0.25, 0.3) is 0 Å². The third-order valence-electron chi connectivity index (χ3n) is 3.88. The number of rotatable bonds is 4. The molecule has 1 fully saturated rings. The molecule has 3 nitrogen and oxygen atoms in total. The van der Waals surface area contributed by atoms with Crippen LogP contribution in [0, 0.1) is 5.92 Å². The minimum absolute atomic E-state index is 0.0841. The zero-order valence-electron chi connectivity index (χ0n) is 12.9. The first-order valence-corrected chi connectivity index (χ1v) is 8.83. The molecule has 1 amide bonds. The first kappa shape index (κ1) is 16.6. The Morgan fingerprint density at radius 1 is 1.43 bits per heavy atom. The minimum atomic E-state index is -0.0841. The number of pyridine rings is 1. The van der Waals surface area contributed by atoms with Gasteiger partial charge < -0.3 is 4.90 Å². The normalized spacial score (nSPS) is 20.6. The van der Waals surface area contributed by atoms with Gasteiger partial charge in [0, 0.05) is 18.8 Å². The Morgan fingerprint density at radius 3 is 2.76 bits per heavy atom. The van der Waals surface area contributed by atoms with Gasteiger partial charge in [0.15, 0.2) is 0 Å². The van der Waals surface area contributed by atoms with Crippen molar-refractivity contribution in [2.45, 2.75) is 56.4 Å². The predicted octanol–water partition coefficient (Wildman–Crippen LogP) is 4.25. The Morgan fingerprint density at radius 2 is 2.19 bits per heavy atom. The molecule has 5 heteroatoms. The number of hydrogen-bond acceptors (Lipinski definition) is 3. The standard InChI is InChI=1S/C16H23ClN2OS/c1-11(2)15(21-14-8-7-13(17)10-18-14)16(20)19-9-5-4-6-12(19)3/h7-8,10-12,15H,4-6,9H2,1-3H3. The van der Waals surface area contributed by atoms with Crippen molar-refractivity contribution in [3.63, 3.8) is 0 Å². The third kappa shape index (κ3) is 4.36. The van der Waals surface area contributed by atoms with Crippen molar-refractivity contribution in [3.8, 4) is 0 Å². The summed E-state index contributed by atoms with van der Waals surface area (Å²) < 4.78 is 0. The Labute approximate surface area is 136 Å². The summed E-state index contributed by atoms with van der Waals surface area (Å²) in [6.07, 6.45) is 5.09. The number of nitrogens with zero attached hydrogens (tertiary/aromatic N) is 2. The second kappa shape index (κ2) is 7.50.